The van der Waals surface area contributed by atoms with Crippen molar-refractivity contribution < 1.29 is 52.3 Å². The largest absolute Gasteiger partial charge is 0.493 e. The fourth-order valence-electron chi connectivity index (χ4n) is 11.7. The van der Waals surface area contributed by atoms with E-state index in [1.54, 1.807) is 26.4 Å². The highest BCUT2D eigenvalue weighted by molar-refractivity contribution is 5.77. The van der Waals surface area contributed by atoms with Gasteiger partial charge in [-0.15, -0.1) is 0 Å². The molecule has 4 saturated carbocycles. The molecule has 2 aromatic rings. The van der Waals surface area contributed by atoms with Crippen molar-refractivity contribution in [1.29, 1.82) is 0 Å². The SMILES string of the molecule is COc1ccc(C[C@H]2COC(=O)[C@@H]2Cc2ccc(OC(=O)N[C@@H]3CCCN(CCOC(=O)[C@@H](N)COC(=O)NC45CC6CC(C)(CC(C)(C6)C4)C5)C3)c(OC)c2)cc1OC. The lowest BCUT2D eigenvalue weighted by atomic mass is 9.43. The van der Waals surface area contributed by atoms with Crippen LogP contribution in [0.5, 0.6) is 23.0 Å². The lowest BCUT2D eigenvalue weighted by Gasteiger charge is -2.65. The van der Waals surface area contributed by atoms with E-state index >= 15 is 0 Å². The molecule has 328 valence electrons. The van der Waals surface area contributed by atoms with Gasteiger partial charge in [-0.3, -0.25) is 14.5 Å². The molecule has 60 heavy (non-hydrogen) atoms. The standard InChI is InChI=1S/C45H62N4O11/c1-43-19-30-20-44(2,25-43)27-45(21-30,26-43)48-42(53)59-24-34(46)40(51)57-14-13-49-12-6-7-32(22-49)47-41(52)60-36-11-9-29(18-38(36)56-5)16-33-31(23-58-39(33)50)15-28-8-10-35(54-3)37(17-28)55-4/h8-11,17-18,30-34H,6-7,12-16,19-27,46H2,1-5H3,(H,47,52)(H,48,53)/t30?,31-,32+,33+,34-,43?,44?,45?/m0/s1. The molecular weight excluding hydrogens is 773 g/mol. The van der Waals surface area contributed by atoms with E-state index in [1.165, 1.54) is 26.4 Å². The van der Waals surface area contributed by atoms with Crippen LogP contribution in [0.25, 0.3) is 0 Å². The van der Waals surface area contributed by atoms with Crippen LogP contribution in [0.1, 0.15) is 76.3 Å². The van der Waals surface area contributed by atoms with Gasteiger partial charge in [0.2, 0.25) is 0 Å². The third-order valence-electron chi connectivity index (χ3n) is 13.3. The summed E-state index contributed by atoms with van der Waals surface area (Å²) in [5, 5.41) is 6.13. The van der Waals surface area contributed by atoms with E-state index in [4.69, 9.17) is 38.9 Å². The van der Waals surface area contributed by atoms with E-state index < -0.39 is 24.2 Å². The van der Waals surface area contributed by atoms with Crippen molar-refractivity contribution in [3.8, 4) is 23.0 Å². The first-order valence-corrected chi connectivity index (χ1v) is 21.3. The van der Waals surface area contributed by atoms with Crippen molar-refractivity contribution >= 4 is 24.1 Å². The van der Waals surface area contributed by atoms with Crippen molar-refractivity contribution in [3.63, 3.8) is 0 Å². The molecule has 6 fully saturated rings. The number of ether oxygens (including phenoxy) is 7. The first-order chi connectivity index (χ1) is 28.7. The molecule has 4 aliphatic carbocycles. The maximum absolute atomic E-state index is 13.1. The van der Waals surface area contributed by atoms with E-state index in [0.717, 1.165) is 49.8 Å². The summed E-state index contributed by atoms with van der Waals surface area (Å²) in [5.41, 5.74) is 8.15. The Morgan fingerprint density at radius 2 is 1.53 bits per heavy atom. The topological polar surface area (TPSA) is 186 Å². The molecule has 8 rings (SSSR count). The number of amides is 2. The number of methoxy groups -OCH3 is 3. The highest BCUT2D eigenvalue weighted by atomic mass is 16.6. The second-order valence-corrected chi connectivity index (χ2v) is 18.7. The predicted molar refractivity (Wildman–Crippen MR) is 220 cm³/mol. The van der Waals surface area contributed by atoms with E-state index in [2.05, 4.69) is 29.4 Å². The van der Waals surface area contributed by atoms with Gasteiger partial charge >= 0.3 is 24.1 Å². The molecule has 2 saturated heterocycles. The second kappa shape index (κ2) is 18.1. The van der Waals surface area contributed by atoms with E-state index in [1.807, 2.05) is 24.3 Å². The Morgan fingerprint density at radius 3 is 2.22 bits per heavy atom. The average molecular weight is 835 g/mol. The monoisotopic (exact) mass is 834 g/mol. The number of hydrogen-bond acceptors (Lipinski definition) is 13. The third-order valence-corrected chi connectivity index (χ3v) is 13.3. The van der Waals surface area contributed by atoms with E-state index in [9.17, 15) is 19.2 Å². The minimum absolute atomic E-state index is 0.0363. The Balaban J connectivity index is 0.822. The summed E-state index contributed by atoms with van der Waals surface area (Å²) in [6.45, 7) is 6.63. The molecule has 15 heteroatoms. The lowest BCUT2D eigenvalue weighted by Crippen LogP contribution is -2.65. The van der Waals surface area contributed by atoms with Crippen LogP contribution in [0.15, 0.2) is 36.4 Å². The second-order valence-electron chi connectivity index (χ2n) is 18.7. The van der Waals surface area contributed by atoms with Crippen LogP contribution in [0, 0.1) is 28.6 Å². The molecule has 2 aliphatic heterocycles. The molecule has 2 amide bonds. The van der Waals surface area contributed by atoms with Gasteiger partial charge in [0.05, 0.1) is 33.9 Å². The van der Waals surface area contributed by atoms with Crippen LogP contribution >= 0.6 is 0 Å². The van der Waals surface area contributed by atoms with Crippen molar-refractivity contribution in [3.05, 3.63) is 47.5 Å². The van der Waals surface area contributed by atoms with E-state index in [-0.39, 0.29) is 59.2 Å². The molecule has 2 aromatic carbocycles. The molecule has 0 spiro atoms. The minimum atomic E-state index is -1.09. The van der Waals surface area contributed by atoms with Crippen LogP contribution in [0.3, 0.4) is 0 Å². The van der Waals surface area contributed by atoms with E-state index in [0.29, 0.717) is 55.7 Å². The Hall–Kier alpha value is -4.76. The van der Waals surface area contributed by atoms with Gasteiger partial charge in [-0.1, -0.05) is 26.0 Å². The normalized spacial score (nSPS) is 29.9. The number of carbonyl (C=O) groups is 4. The van der Waals surface area contributed by atoms with Gasteiger partial charge in [-0.2, -0.15) is 0 Å². The number of nitrogens with zero attached hydrogens (tertiary/aromatic N) is 1. The lowest BCUT2D eigenvalue weighted by molar-refractivity contribution is -0.146. The molecule has 6 atom stereocenters. The Morgan fingerprint density at radius 1 is 0.867 bits per heavy atom. The summed E-state index contributed by atoms with van der Waals surface area (Å²) in [4.78, 5) is 53.5. The average Bonchev–Trinajstić information content (AvgIpc) is 3.52. The number of carbonyl (C=O) groups excluding carboxylic acids is 4. The molecular formula is C45H62N4O11. The molecule has 6 aliphatic rings. The van der Waals surface area contributed by atoms with Crippen molar-refractivity contribution in [1.82, 2.24) is 15.5 Å². The third kappa shape index (κ3) is 10.2. The first kappa shape index (κ1) is 43.3. The van der Waals surface area contributed by atoms with Gasteiger partial charge in [0.1, 0.15) is 19.3 Å². The van der Waals surface area contributed by atoms with Gasteiger partial charge < -0.3 is 49.5 Å². The molecule has 4 N–H and O–H groups in total. The number of benzene rings is 2. The molecule has 4 bridgehead atoms. The summed E-state index contributed by atoms with van der Waals surface area (Å²) in [7, 11) is 4.68. The van der Waals surface area contributed by atoms with Crippen molar-refractivity contribution in [2.45, 2.75) is 95.7 Å². The Bertz CT molecular complexity index is 1890. The number of alkyl carbamates (subject to hydrolysis) is 1. The van der Waals surface area contributed by atoms with Gasteiger partial charge in [0.15, 0.2) is 23.0 Å². The van der Waals surface area contributed by atoms with Gasteiger partial charge in [0, 0.05) is 30.6 Å². The number of hydrogen-bond donors (Lipinski definition) is 3. The number of rotatable bonds is 16. The predicted octanol–water partition coefficient (Wildman–Crippen LogP) is 5.19. The fraction of sp³-hybridized carbons (Fsp3) is 0.644. The van der Waals surface area contributed by atoms with Gasteiger partial charge in [-0.25, -0.2) is 9.59 Å². The van der Waals surface area contributed by atoms with Crippen molar-refractivity contribution in [2.24, 2.45) is 34.3 Å². The quantitative estimate of drug-likeness (QED) is 0.149. The minimum Gasteiger partial charge on any atom is -0.493 e. The van der Waals surface area contributed by atoms with Gasteiger partial charge in [0.25, 0.3) is 0 Å². The summed E-state index contributed by atoms with van der Waals surface area (Å²) < 4.78 is 38.4. The summed E-state index contributed by atoms with van der Waals surface area (Å²) >= 11 is 0. The van der Waals surface area contributed by atoms with Crippen LogP contribution < -0.4 is 35.3 Å². The Labute approximate surface area is 352 Å². The number of nitrogens with two attached hydrogens (primary N) is 1. The maximum atomic E-state index is 13.1. The molecule has 0 radical (unpaired) electrons. The van der Waals surface area contributed by atoms with Crippen LogP contribution in [0.4, 0.5) is 9.59 Å². The molecule has 0 aromatic heterocycles. The highest BCUT2D eigenvalue weighted by Gasteiger charge is 2.60. The highest BCUT2D eigenvalue weighted by Crippen LogP contribution is 2.66. The van der Waals surface area contributed by atoms with Crippen molar-refractivity contribution in [2.75, 3.05) is 60.8 Å². The Kier molecular flexibility index (Phi) is 13.1. The molecule has 2 heterocycles. The zero-order valence-electron chi connectivity index (χ0n) is 35.7. The number of piperidine rings is 1. The first-order valence-electron chi connectivity index (χ1n) is 21.3. The molecule has 15 nitrogen and oxygen atoms in total. The zero-order valence-corrected chi connectivity index (χ0v) is 35.7. The number of likely N-dealkylation sites (tertiary alicyclic amines) is 1. The number of cyclic esters (lactones) is 1. The maximum Gasteiger partial charge on any atom is 0.412 e. The zero-order chi connectivity index (χ0) is 42.7. The van der Waals surface area contributed by atoms with Crippen LogP contribution in [0.2, 0.25) is 0 Å². The fourth-order valence-corrected chi connectivity index (χ4v) is 11.7. The smallest absolute Gasteiger partial charge is 0.412 e. The number of nitrogens with one attached hydrogen (secondary N) is 2. The summed E-state index contributed by atoms with van der Waals surface area (Å²) in [6, 6.07) is 9.73. The van der Waals surface area contributed by atoms with Crippen LogP contribution in [-0.4, -0.2) is 107 Å². The summed E-state index contributed by atoms with van der Waals surface area (Å²) in [5.74, 6) is 1.24. The van der Waals surface area contributed by atoms with Gasteiger partial charge in [-0.05, 0) is 123 Å². The summed E-state index contributed by atoms with van der Waals surface area (Å²) in [6.07, 6.45) is 8.05. The molecule has 2 unspecified atom stereocenters. The number of esters is 2. The van der Waals surface area contributed by atoms with Crippen LogP contribution in [-0.2, 0) is 36.6 Å².